The Balaban J connectivity index is 1.34. The molecule has 7 nitrogen and oxygen atoms in total. The molecule has 1 amide bonds. The van der Waals surface area contributed by atoms with Crippen LogP contribution in [0.15, 0.2) is 52.0 Å². The molecule has 4 rings (SSSR count). The lowest BCUT2D eigenvalue weighted by Gasteiger charge is -2.31. The summed E-state index contributed by atoms with van der Waals surface area (Å²) in [6, 6.07) is 10.4. The van der Waals surface area contributed by atoms with Gasteiger partial charge in [0.1, 0.15) is 11.3 Å². The van der Waals surface area contributed by atoms with Crippen molar-refractivity contribution < 1.29 is 22.4 Å². The molecule has 1 saturated heterocycles. The van der Waals surface area contributed by atoms with Gasteiger partial charge in [0.2, 0.25) is 15.9 Å². The number of nitrogens with one attached hydrogen (secondary N) is 1. The Morgan fingerprint density at radius 3 is 2.44 bits per heavy atom. The summed E-state index contributed by atoms with van der Waals surface area (Å²) in [5.74, 6) is 0.531. The van der Waals surface area contributed by atoms with Gasteiger partial charge in [-0.2, -0.15) is 4.31 Å². The van der Waals surface area contributed by atoms with Crippen molar-refractivity contribution in [2.24, 2.45) is 0 Å². The van der Waals surface area contributed by atoms with Gasteiger partial charge in [0.15, 0.2) is 0 Å². The Morgan fingerprint density at radius 1 is 1.12 bits per heavy atom. The van der Waals surface area contributed by atoms with Gasteiger partial charge in [-0.05, 0) is 74.2 Å². The Morgan fingerprint density at radius 2 is 1.78 bits per heavy atom. The first kappa shape index (κ1) is 22.4. The van der Waals surface area contributed by atoms with Crippen LogP contribution in [-0.4, -0.2) is 44.9 Å². The molecule has 32 heavy (non-hydrogen) atoms. The Hall–Kier alpha value is -2.84. The van der Waals surface area contributed by atoms with Crippen LogP contribution in [0.1, 0.15) is 29.5 Å². The zero-order valence-electron chi connectivity index (χ0n) is 18.6. The third-order valence-corrected chi connectivity index (χ3v) is 8.05. The van der Waals surface area contributed by atoms with Gasteiger partial charge in [-0.25, -0.2) is 8.42 Å². The number of rotatable bonds is 6. The van der Waals surface area contributed by atoms with Crippen LogP contribution in [0.2, 0.25) is 0 Å². The molecule has 1 aromatic heterocycles. The molecule has 0 aliphatic carbocycles. The second-order valence-electron chi connectivity index (χ2n) is 8.29. The average molecular weight is 457 g/mol. The van der Waals surface area contributed by atoms with E-state index in [9.17, 15) is 13.2 Å². The van der Waals surface area contributed by atoms with Crippen molar-refractivity contribution in [3.8, 4) is 5.75 Å². The molecule has 3 aromatic rings. The molecular formula is C24H28N2O5S. The molecule has 0 atom stereocenters. The molecule has 1 fully saturated rings. The highest BCUT2D eigenvalue weighted by Gasteiger charge is 2.30. The van der Waals surface area contributed by atoms with Crippen molar-refractivity contribution in [1.82, 2.24) is 9.62 Å². The summed E-state index contributed by atoms with van der Waals surface area (Å²) in [5, 5.41) is 4.02. The lowest BCUT2D eigenvalue weighted by molar-refractivity contribution is -0.121. The maximum atomic E-state index is 12.9. The number of aryl methyl sites for hydroxylation is 2. The Kier molecular flexibility index (Phi) is 6.26. The lowest BCUT2D eigenvalue weighted by Crippen LogP contribution is -2.46. The summed E-state index contributed by atoms with van der Waals surface area (Å²) in [5.41, 5.74) is 3.96. The summed E-state index contributed by atoms with van der Waals surface area (Å²) >= 11 is 0. The Bertz CT molecular complexity index is 1220. The van der Waals surface area contributed by atoms with Crippen molar-refractivity contribution in [2.45, 2.75) is 44.0 Å². The fourth-order valence-electron chi connectivity index (χ4n) is 4.06. The fraction of sp³-hybridized carbons (Fsp3) is 0.375. The molecule has 0 saturated carbocycles. The normalized spacial score (nSPS) is 15.7. The topological polar surface area (TPSA) is 88.9 Å². The second-order valence-corrected chi connectivity index (χ2v) is 10.2. The van der Waals surface area contributed by atoms with Crippen LogP contribution in [0.25, 0.3) is 11.0 Å². The lowest BCUT2D eigenvalue weighted by atomic mass is 10.0. The minimum Gasteiger partial charge on any atom is -0.497 e. The first-order valence-corrected chi connectivity index (χ1v) is 12.1. The molecule has 8 heteroatoms. The third kappa shape index (κ3) is 4.52. The number of fused-ring (bicyclic) bond motifs is 1. The number of hydrogen-bond acceptors (Lipinski definition) is 5. The number of methoxy groups -OCH3 is 1. The maximum absolute atomic E-state index is 12.9. The minimum absolute atomic E-state index is 0.0491. The van der Waals surface area contributed by atoms with Crippen LogP contribution in [0.5, 0.6) is 5.75 Å². The van der Waals surface area contributed by atoms with E-state index in [0.717, 1.165) is 27.7 Å². The summed E-state index contributed by atoms with van der Waals surface area (Å²) < 4.78 is 38.0. The molecule has 1 aliphatic heterocycles. The number of carbonyl (C=O) groups is 1. The van der Waals surface area contributed by atoms with Gasteiger partial charge in [0, 0.05) is 30.1 Å². The molecular weight excluding hydrogens is 428 g/mol. The van der Waals surface area contributed by atoms with Gasteiger partial charge < -0.3 is 14.5 Å². The van der Waals surface area contributed by atoms with E-state index in [0.29, 0.717) is 31.7 Å². The molecule has 2 heterocycles. The highest BCUT2D eigenvalue weighted by Crippen LogP contribution is 2.26. The summed E-state index contributed by atoms with van der Waals surface area (Å²) in [6.45, 7) is 4.81. The van der Waals surface area contributed by atoms with Crippen molar-refractivity contribution in [2.75, 3.05) is 20.2 Å². The quantitative estimate of drug-likeness (QED) is 0.613. The number of benzene rings is 2. The number of hydrogen-bond donors (Lipinski definition) is 1. The molecule has 1 aliphatic rings. The smallest absolute Gasteiger partial charge is 0.243 e. The second kappa shape index (κ2) is 8.96. The van der Waals surface area contributed by atoms with Gasteiger partial charge in [-0.1, -0.05) is 0 Å². The molecule has 2 aromatic carbocycles. The van der Waals surface area contributed by atoms with Crippen molar-refractivity contribution >= 4 is 26.9 Å². The van der Waals surface area contributed by atoms with Crippen molar-refractivity contribution in [1.29, 1.82) is 0 Å². The number of sulfonamides is 1. The summed E-state index contributed by atoms with van der Waals surface area (Å²) in [7, 11) is -2.02. The molecule has 0 bridgehead atoms. The van der Waals surface area contributed by atoms with E-state index in [1.54, 1.807) is 37.6 Å². The van der Waals surface area contributed by atoms with Crippen molar-refractivity contribution in [3.63, 3.8) is 0 Å². The largest absolute Gasteiger partial charge is 0.497 e. The minimum atomic E-state index is -3.56. The first-order chi connectivity index (χ1) is 15.3. The van der Waals surface area contributed by atoms with E-state index in [-0.39, 0.29) is 23.3 Å². The Labute approximate surface area is 188 Å². The van der Waals surface area contributed by atoms with Crippen LogP contribution in [0, 0.1) is 13.8 Å². The van der Waals surface area contributed by atoms with Crippen LogP contribution < -0.4 is 10.1 Å². The monoisotopic (exact) mass is 456 g/mol. The van der Waals surface area contributed by atoms with E-state index in [4.69, 9.17) is 9.15 Å². The number of carbonyl (C=O) groups excluding carboxylic acids is 1. The molecule has 0 radical (unpaired) electrons. The van der Waals surface area contributed by atoms with Gasteiger partial charge in [-0.15, -0.1) is 0 Å². The van der Waals surface area contributed by atoms with Crippen molar-refractivity contribution in [3.05, 3.63) is 59.4 Å². The highest BCUT2D eigenvalue weighted by molar-refractivity contribution is 7.89. The first-order valence-electron chi connectivity index (χ1n) is 10.7. The number of piperidine rings is 1. The molecule has 1 N–H and O–H groups in total. The van der Waals surface area contributed by atoms with Gasteiger partial charge in [-0.3, -0.25) is 4.79 Å². The van der Waals surface area contributed by atoms with Gasteiger partial charge >= 0.3 is 0 Å². The molecule has 0 spiro atoms. The van der Waals surface area contributed by atoms with Gasteiger partial charge in [0.25, 0.3) is 0 Å². The average Bonchev–Trinajstić information content (AvgIpc) is 3.15. The number of ether oxygens (including phenoxy) is 1. The number of amides is 1. The number of nitrogens with zero attached hydrogens (tertiary/aromatic N) is 1. The van der Waals surface area contributed by atoms with Gasteiger partial charge in [0.05, 0.1) is 24.7 Å². The van der Waals surface area contributed by atoms with E-state index >= 15 is 0 Å². The van der Waals surface area contributed by atoms with E-state index in [1.165, 1.54) is 4.31 Å². The van der Waals surface area contributed by atoms with Crippen LogP contribution in [-0.2, 0) is 21.2 Å². The fourth-order valence-corrected chi connectivity index (χ4v) is 5.53. The van der Waals surface area contributed by atoms with E-state index in [1.807, 2.05) is 19.9 Å². The molecule has 170 valence electrons. The number of furan rings is 1. The third-order valence-electron chi connectivity index (χ3n) is 6.14. The predicted octanol–water partition coefficient (Wildman–Crippen LogP) is 3.57. The van der Waals surface area contributed by atoms with Crippen LogP contribution in [0.4, 0.5) is 0 Å². The zero-order chi connectivity index (χ0) is 22.9. The van der Waals surface area contributed by atoms with E-state index in [2.05, 4.69) is 11.4 Å². The van der Waals surface area contributed by atoms with Crippen LogP contribution in [0.3, 0.4) is 0 Å². The van der Waals surface area contributed by atoms with Crippen LogP contribution >= 0.6 is 0 Å². The standard InChI is InChI=1S/C24H28N2O5S/c1-16-12-22-18(15-31-23(22)13-17(16)2)14-24(27)25-19-8-10-26(11-9-19)32(28,29)21-6-4-20(30-3)5-7-21/h4-7,12-13,15,19H,8-11,14H2,1-3H3,(H,25,27). The molecule has 0 unspecified atom stereocenters. The predicted molar refractivity (Wildman–Crippen MR) is 122 cm³/mol. The van der Waals surface area contributed by atoms with E-state index < -0.39 is 10.0 Å². The summed E-state index contributed by atoms with van der Waals surface area (Å²) in [4.78, 5) is 12.9. The maximum Gasteiger partial charge on any atom is 0.243 e. The summed E-state index contributed by atoms with van der Waals surface area (Å²) in [6.07, 6.45) is 3.03. The zero-order valence-corrected chi connectivity index (χ0v) is 19.4. The SMILES string of the molecule is COc1ccc(S(=O)(=O)N2CCC(NC(=O)Cc3coc4cc(C)c(C)cc34)CC2)cc1. The highest BCUT2D eigenvalue weighted by atomic mass is 32.2.